The van der Waals surface area contributed by atoms with Crippen molar-refractivity contribution in [3.8, 4) is 0 Å². The molecule has 2 rings (SSSR count). The Balaban J connectivity index is 1.82. The van der Waals surface area contributed by atoms with Gasteiger partial charge in [-0.15, -0.1) is 0 Å². The molecular weight excluding hydrogens is 232 g/mol. The number of hydrogen-bond acceptors (Lipinski definition) is 5. The minimum Gasteiger partial charge on any atom is -0.383 e. The third kappa shape index (κ3) is 3.64. The molecular formula is C11H18N6O. The van der Waals surface area contributed by atoms with Gasteiger partial charge in [0.25, 0.3) is 0 Å². The molecule has 0 aliphatic carbocycles. The van der Waals surface area contributed by atoms with E-state index in [9.17, 15) is 0 Å². The maximum absolute atomic E-state index is 4.95. The van der Waals surface area contributed by atoms with Gasteiger partial charge in [0.05, 0.1) is 25.4 Å². The second-order valence-electron chi connectivity index (χ2n) is 4.01. The van der Waals surface area contributed by atoms with Crippen LogP contribution in [-0.4, -0.2) is 44.8 Å². The molecule has 98 valence electrons. The Morgan fingerprint density at radius 1 is 1.39 bits per heavy atom. The lowest BCUT2D eigenvalue weighted by atomic mass is 10.4. The van der Waals surface area contributed by atoms with Crippen LogP contribution in [-0.2, 0) is 24.9 Å². The first-order chi connectivity index (χ1) is 8.78. The molecule has 2 aromatic rings. The fourth-order valence-electron chi connectivity index (χ4n) is 1.58. The third-order valence-corrected chi connectivity index (χ3v) is 2.44. The molecule has 18 heavy (non-hydrogen) atoms. The summed E-state index contributed by atoms with van der Waals surface area (Å²) in [6.07, 6.45) is 3.64. The van der Waals surface area contributed by atoms with Crippen LogP contribution in [0.2, 0.25) is 0 Å². The first kappa shape index (κ1) is 12.7. The van der Waals surface area contributed by atoms with Crippen molar-refractivity contribution in [2.45, 2.75) is 13.1 Å². The van der Waals surface area contributed by atoms with Crippen molar-refractivity contribution >= 4 is 0 Å². The zero-order chi connectivity index (χ0) is 12.8. The summed E-state index contributed by atoms with van der Waals surface area (Å²) in [6.45, 7) is 2.78. The monoisotopic (exact) mass is 250 g/mol. The number of hydrogen-bond donors (Lipinski definition) is 1. The van der Waals surface area contributed by atoms with E-state index >= 15 is 0 Å². The molecule has 0 unspecified atom stereocenters. The van der Waals surface area contributed by atoms with Crippen molar-refractivity contribution in [3.05, 3.63) is 30.1 Å². The highest BCUT2D eigenvalue weighted by molar-refractivity contribution is 4.99. The van der Waals surface area contributed by atoms with E-state index in [-0.39, 0.29) is 0 Å². The summed E-state index contributed by atoms with van der Waals surface area (Å²) in [7, 11) is 3.58. The maximum atomic E-state index is 4.95. The summed E-state index contributed by atoms with van der Waals surface area (Å²) in [5.74, 6) is 0.780. The maximum Gasteiger partial charge on any atom is 0.164 e. The highest BCUT2D eigenvalue weighted by atomic mass is 16.5. The summed E-state index contributed by atoms with van der Waals surface area (Å²) < 4.78 is 8.51. The molecule has 0 atom stereocenters. The topological polar surface area (TPSA) is 69.8 Å². The third-order valence-electron chi connectivity index (χ3n) is 2.44. The summed E-state index contributed by atoms with van der Waals surface area (Å²) in [4.78, 5) is 4.23. The van der Waals surface area contributed by atoms with Crippen molar-refractivity contribution in [1.82, 2.24) is 29.9 Å². The normalized spacial score (nSPS) is 11.0. The molecule has 1 N–H and O–H groups in total. The number of rotatable bonds is 7. The van der Waals surface area contributed by atoms with Gasteiger partial charge in [-0.05, 0) is 6.07 Å². The standard InChI is InChI=1S/C11H18N6O/c1-16-5-3-10(14-16)8-17-9-13-11(15-17)7-12-4-6-18-2/h3,5,9,12H,4,6-8H2,1-2H3. The molecule has 7 nitrogen and oxygen atoms in total. The lowest BCUT2D eigenvalue weighted by Gasteiger charge is -2.00. The number of aromatic nitrogens is 5. The Bertz CT molecular complexity index is 477. The Morgan fingerprint density at radius 3 is 3.00 bits per heavy atom. The Kier molecular flexibility index (Phi) is 4.43. The van der Waals surface area contributed by atoms with Gasteiger partial charge in [0.15, 0.2) is 5.82 Å². The fourth-order valence-corrected chi connectivity index (χ4v) is 1.58. The van der Waals surface area contributed by atoms with Gasteiger partial charge >= 0.3 is 0 Å². The van der Waals surface area contributed by atoms with E-state index in [1.54, 1.807) is 22.8 Å². The van der Waals surface area contributed by atoms with Gasteiger partial charge in [0.2, 0.25) is 0 Å². The molecule has 0 amide bonds. The Hall–Kier alpha value is -1.73. The van der Waals surface area contributed by atoms with Crippen LogP contribution in [0.5, 0.6) is 0 Å². The average molecular weight is 250 g/mol. The molecule has 0 aromatic carbocycles. The highest BCUT2D eigenvalue weighted by Gasteiger charge is 2.03. The van der Waals surface area contributed by atoms with Crippen LogP contribution in [0.4, 0.5) is 0 Å². The van der Waals surface area contributed by atoms with Gasteiger partial charge in [-0.1, -0.05) is 0 Å². The van der Waals surface area contributed by atoms with Crippen LogP contribution in [0.3, 0.4) is 0 Å². The van der Waals surface area contributed by atoms with Gasteiger partial charge in [-0.2, -0.15) is 10.2 Å². The van der Waals surface area contributed by atoms with Crippen LogP contribution in [0.1, 0.15) is 11.5 Å². The number of methoxy groups -OCH3 is 1. The van der Waals surface area contributed by atoms with E-state index in [0.717, 1.165) is 18.1 Å². The first-order valence-electron chi connectivity index (χ1n) is 5.84. The largest absolute Gasteiger partial charge is 0.383 e. The molecule has 2 heterocycles. The van der Waals surface area contributed by atoms with Crippen molar-refractivity contribution in [1.29, 1.82) is 0 Å². The van der Waals surface area contributed by atoms with Gasteiger partial charge in [-0.3, -0.25) is 4.68 Å². The Labute approximate surface area is 106 Å². The lowest BCUT2D eigenvalue weighted by molar-refractivity contribution is 0.199. The minimum absolute atomic E-state index is 0.645. The molecule has 0 fully saturated rings. The molecule has 7 heteroatoms. The van der Waals surface area contributed by atoms with Gasteiger partial charge in [0.1, 0.15) is 6.33 Å². The molecule has 0 saturated heterocycles. The SMILES string of the molecule is COCCNCc1ncn(Cc2ccn(C)n2)n1. The van der Waals surface area contributed by atoms with E-state index in [0.29, 0.717) is 19.7 Å². The number of ether oxygens (including phenoxy) is 1. The lowest BCUT2D eigenvalue weighted by Crippen LogP contribution is -2.19. The molecule has 0 spiro atoms. The minimum atomic E-state index is 0.645. The second kappa shape index (κ2) is 6.27. The summed E-state index contributed by atoms with van der Waals surface area (Å²) in [5.41, 5.74) is 0.973. The zero-order valence-electron chi connectivity index (χ0n) is 10.7. The molecule has 0 aliphatic heterocycles. The van der Waals surface area contributed by atoms with Gasteiger partial charge < -0.3 is 10.1 Å². The van der Waals surface area contributed by atoms with Crippen LogP contribution in [0, 0.1) is 0 Å². The second-order valence-corrected chi connectivity index (χ2v) is 4.01. The number of nitrogens with zero attached hydrogens (tertiary/aromatic N) is 5. The van der Waals surface area contributed by atoms with E-state index in [4.69, 9.17) is 4.74 Å². The summed E-state index contributed by atoms with van der Waals surface area (Å²) in [5, 5.41) is 11.9. The van der Waals surface area contributed by atoms with Crippen molar-refractivity contribution in [2.75, 3.05) is 20.3 Å². The molecule has 2 aromatic heterocycles. The Morgan fingerprint density at radius 2 is 2.28 bits per heavy atom. The predicted molar refractivity (Wildman–Crippen MR) is 65.9 cm³/mol. The highest BCUT2D eigenvalue weighted by Crippen LogP contribution is 1.98. The molecule has 0 radical (unpaired) electrons. The fraction of sp³-hybridized carbons (Fsp3) is 0.545. The number of aryl methyl sites for hydroxylation is 1. The van der Waals surface area contributed by atoms with E-state index < -0.39 is 0 Å². The molecule has 0 bridgehead atoms. The van der Waals surface area contributed by atoms with E-state index in [1.807, 2.05) is 19.3 Å². The smallest absolute Gasteiger partial charge is 0.164 e. The summed E-state index contributed by atoms with van der Waals surface area (Å²) >= 11 is 0. The van der Waals surface area contributed by atoms with Gasteiger partial charge in [-0.25, -0.2) is 9.67 Å². The number of nitrogens with one attached hydrogen (secondary N) is 1. The van der Waals surface area contributed by atoms with Crippen LogP contribution in [0.15, 0.2) is 18.6 Å². The van der Waals surface area contributed by atoms with Crippen molar-refractivity contribution in [3.63, 3.8) is 0 Å². The molecule has 0 saturated carbocycles. The van der Waals surface area contributed by atoms with E-state index in [1.165, 1.54) is 0 Å². The summed E-state index contributed by atoms with van der Waals surface area (Å²) in [6, 6.07) is 1.97. The zero-order valence-corrected chi connectivity index (χ0v) is 10.7. The van der Waals surface area contributed by atoms with Crippen LogP contribution >= 0.6 is 0 Å². The first-order valence-corrected chi connectivity index (χ1v) is 5.84. The van der Waals surface area contributed by atoms with Crippen molar-refractivity contribution < 1.29 is 4.74 Å². The van der Waals surface area contributed by atoms with Gasteiger partial charge in [0, 0.05) is 26.9 Å². The van der Waals surface area contributed by atoms with E-state index in [2.05, 4.69) is 20.5 Å². The average Bonchev–Trinajstić information content (AvgIpc) is 2.95. The van der Waals surface area contributed by atoms with Crippen LogP contribution < -0.4 is 5.32 Å². The predicted octanol–water partition coefficient (Wildman–Crippen LogP) is -0.204. The van der Waals surface area contributed by atoms with Crippen LogP contribution in [0.25, 0.3) is 0 Å². The van der Waals surface area contributed by atoms with Crippen molar-refractivity contribution in [2.24, 2.45) is 7.05 Å². The quantitative estimate of drug-likeness (QED) is 0.689. The molecule has 0 aliphatic rings.